The van der Waals surface area contributed by atoms with Crippen molar-refractivity contribution in [3.8, 4) is 0 Å². The molecule has 5 aliphatic rings. The van der Waals surface area contributed by atoms with Crippen molar-refractivity contribution in [1.82, 2.24) is 0 Å². The van der Waals surface area contributed by atoms with Gasteiger partial charge in [-0.25, -0.2) is 14.6 Å². The predicted molar refractivity (Wildman–Crippen MR) is 95.0 cm³/mol. The molecule has 31 heavy (non-hydrogen) atoms. The minimum absolute atomic E-state index is 0.142. The second-order valence-electron chi connectivity index (χ2n) is 9.33. The third kappa shape index (κ3) is 3.19. The molecule has 0 aromatic carbocycles. The molecule has 4 saturated heterocycles. The number of fused-ring (bicyclic) bond motifs is 2. The van der Waals surface area contributed by atoms with Gasteiger partial charge in [0.15, 0.2) is 11.9 Å². The van der Waals surface area contributed by atoms with E-state index in [4.69, 9.17) is 29.1 Å². The first kappa shape index (κ1) is 22.8. The van der Waals surface area contributed by atoms with E-state index < -0.39 is 66.3 Å². The Morgan fingerprint density at radius 2 is 1.81 bits per heavy atom. The number of ether oxygens (including phenoxy) is 3. The minimum Gasteiger partial charge on any atom is -0.481 e. The van der Waals surface area contributed by atoms with Crippen LogP contribution in [0.2, 0.25) is 0 Å². The fourth-order valence-corrected chi connectivity index (χ4v) is 5.96. The van der Waals surface area contributed by atoms with Gasteiger partial charge in [0.2, 0.25) is 5.79 Å². The van der Waals surface area contributed by atoms with E-state index >= 15 is 0 Å². The molecule has 0 radical (unpaired) electrons. The second kappa shape index (κ2) is 7.29. The van der Waals surface area contributed by atoms with Crippen molar-refractivity contribution in [3.05, 3.63) is 0 Å². The van der Waals surface area contributed by atoms with Gasteiger partial charge in [-0.05, 0) is 38.0 Å². The lowest BCUT2D eigenvalue weighted by atomic mass is 9.55. The summed E-state index contributed by atoms with van der Waals surface area (Å²) in [7, 11) is 0. The molecule has 5 fully saturated rings. The third-order valence-electron chi connectivity index (χ3n) is 7.59. The number of carbonyl (C=O) groups excluding carboxylic acids is 1. The molecule has 0 amide bonds. The maximum absolute atomic E-state index is 14.5. The van der Waals surface area contributed by atoms with Gasteiger partial charge in [0.05, 0.1) is 6.42 Å². The molecule has 2 bridgehead atoms. The Hall–Kier alpha value is -1.43. The highest BCUT2D eigenvalue weighted by Gasteiger charge is 2.79. The van der Waals surface area contributed by atoms with E-state index in [9.17, 15) is 22.8 Å². The first-order valence-electron chi connectivity index (χ1n) is 10.6. The fraction of sp³-hybridized carbons (Fsp3) is 0.900. The number of rotatable bonds is 4. The Kier molecular flexibility index (Phi) is 5.35. The van der Waals surface area contributed by atoms with Crippen LogP contribution in [0, 0.1) is 23.7 Å². The van der Waals surface area contributed by atoms with Crippen LogP contribution in [0.3, 0.4) is 0 Å². The normalized spacial score (nSPS) is 46.7. The first-order chi connectivity index (χ1) is 14.4. The summed E-state index contributed by atoms with van der Waals surface area (Å²) in [5, 5.41) is 8.74. The molecule has 1 spiro atoms. The lowest BCUT2D eigenvalue weighted by molar-refractivity contribution is -0.581. The number of halogens is 3. The van der Waals surface area contributed by atoms with E-state index in [0.717, 1.165) is 0 Å². The lowest BCUT2D eigenvalue weighted by Crippen LogP contribution is -2.77. The molecule has 4 aliphatic heterocycles. The standard InChI is InChI=1S/C20H27F3O8/c1-10-4-5-13-11(2)19(20(21,22)23,15(26)27-9-7-14(24)25)29-16-18(13)12(10)6-8-17(3,28-16)30-31-18/h10-13,16H,4-9H2,1-3H3,(H,24,25)/t10-,11-,12?,13?,16?,17+,18-,19+/m1/s1. The molecule has 0 aromatic rings. The van der Waals surface area contributed by atoms with Crippen molar-refractivity contribution in [1.29, 1.82) is 0 Å². The Bertz CT molecular complexity index is 759. The SMILES string of the molecule is C[C@@H]1CCC2[C@@H](C)[C@](C(=O)OCCC(=O)O)(C(F)(F)F)OC3O[C@]4(C)CCC1[C@]32OO4. The van der Waals surface area contributed by atoms with Crippen molar-refractivity contribution < 1.29 is 51.9 Å². The molecule has 0 aromatic heterocycles. The number of aliphatic carboxylic acids is 1. The average molecular weight is 452 g/mol. The Morgan fingerprint density at radius 3 is 2.45 bits per heavy atom. The highest BCUT2D eigenvalue weighted by Crippen LogP contribution is 2.64. The van der Waals surface area contributed by atoms with E-state index in [-0.39, 0.29) is 11.8 Å². The zero-order chi connectivity index (χ0) is 22.8. The van der Waals surface area contributed by atoms with E-state index in [2.05, 4.69) is 0 Å². The number of carboxylic acid groups (broad SMARTS) is 1. The van der Waals surface area contributed by atoms with Gasteiger partial charge in [-0.1, -0.05) is 13.8 Å². The van der Waals surface area contributed by atoms with Crippen LogP contribution in [0.15, 0.2) is 0 Å². The van der Waals surface area contributed by atoms with Crippen LogP contribution in [-0.4, -0.2) is 53.1 Å². The maximum atomic E-state index is 14.5. The van der Waals surface area contributed by atoms with Crippen molar-refractivity contribution >= 4 is 11.9 Å². The summed E-state index contributed by atoms with van der Waals surface area (Å²) in [6, 6.07) is 0. The van der Waals surface area contributed by atoms with Gasteiger partial charge in [0.1, 0.15) is 6.61 Å². The van der Waals surface area contributed by atoms with Crippen LogP contribution in [0.1, 0.15) is 52.9 Å². The highest BCUT2D eigenvalue weighted by atomic mass is 19.4. The quantitative estimate of drug-likeness (QED) is 0.513. The molecule has 8 atom stereocenters. The maximum Gasteiger partial charge on any atom is 0.428 e. The summed E-state index contributed by atoms with van der Waals surface area (Å²) in [5.41, 5.74) is -4.58. The van der Waals surface area contributed by atoms with Gasteiger partial charge in [0, 0.05) is 18.3 Å². The topological polar surface area (TPSA) is 101 Å². The molecule has 1 saturated carbocycles. The first-order valence-corrected chi connectivity index (χ1v) is 10.6. The second-order valence-corrected chi connectivity index (χ2v) is 9.33. The van der Waals surface area contributed by atoms with Crippen molar-refractivity contribution in [2.45, 2.75) is 82.3 Å². The number of hydrogen-bond donors (Lipinski definition) is 1. The average Bonchev–Trinajstić information content (AvgIpc) is 2.89. The Morgan fingerprint density at radius 1 is 1.10 bits per heavy atom. The fourth-order valence-electron chi connectivity index (χ4n) is 5.96. The van der Waals surface area contributed by atoms with E-state index in [1.807, 2.05) is 6.92 Å². The Labute approximate surface area is 177 Å². The monoisotopic (exact) mass is 452 g/mol. The predicted octanol–water partition coefficient (Wildman–Crippen LogP) is 3.19. The van der Waals surface area contributed by atoms with Crippen LogP contribution < -0.4 is 0 Å². The van der Waals surface area contributed by atoms with E-state index in [1.54, 1.807) is 6.92 Å². The molecule has 3 unspecified atom stereocenters. The van der Waals surface area contributed by atoms with Crippen molar-refractivity contribution in [2.24, 2.45) is 23.7 Å². The number of carbonyl (C=O) groups is 2. The zero-order valence-corrected chi connectivity index (χ0v) is 17.6. The van der Waals surface area contributed by atoms with Crippen LogP contribution in [0.25, 0.3) is 0 Å². The van der Waals surface area contributed by atoms with E-state index in [1.165, 1.54) is 6.92 Å². The molecule has 5 rings (SSSR count). The number of esters is 1. The van der Waals surface area contributed by atoms with Crippen molar-refractivity contribution in [3.63, 3.8) is 0 Å². The van der Waals surface area contributed by atoms with Gasteiger partial charge in [-0.3, -0.25) is 4.79 Å². The molecule has 4 heterocycles. The molecule has 8 nitrogen and oxygen atoms in total. The number of carboxylic acids is 1. The van der Waals surface area contributed by atoms with Gasteiger partial charge in [-0.15, -0.1) is 0 Å². The third-order valence-corrected chi connectivity index (χ3v) is 7.59. The summed E-state index contributed by atoms with van der Waals surface area (Å²) in [6.45, 7) is 4.20. The summed E-state index contributed by atoms with van der Waals surface area (Å²) in [6.07, 6.45) is -5.16. The Balaban J connectivity index is 1.77. The molecule has 11 heteroatoms. The molecular weight excluding hydrogens is 425 g/mol. The van der Waals surface area contributed by atoms with Gasteiger partial charge < -0.3 is 19.3 Å². The molecule has 1 N–H and O–H groups in total. The smallest absolute Gasteiger partial charge is 0.428 e. The summed E-state index contributed by atoms with van der Waals surface area (Å²) in [5.74, 6) is -6.40. The largest absolute Gasteiger partial charge is 0.481 e. The van der Waals surface area contributed by atoms with Crippen LogP contribution in [-0.2, 0) is 33.6 Å². The summed E-state index contributed by atoms with van der Waals surface area (Å²) >= 11 is 0. The zero-order valence-electron chi connectivity index (χ0n) is 17.6. The van der Waals surface area contributed by atoms with Crippen LogP contribution in [0.4, 0.5) is 13.2 Å². The van der Waals surface area contributed by atoms with Gasteiger partial charge in [-0.2, -0.15) is 13.2 Å². The number of alkyl halides is 3. The highest BCUT2D eigenvalue weighted by molar-refractivity contribution is 5.82. The van der Waals surface area contributed by atoms with E-state index in [0.29, 0.717) is 25.7 Å². The molecular formula is C20H27F3O8. The van der Waals surface area contributed by atoms with Gasteiger partial charge in [0.25, 0.3) is 5.60 Å². The van der Waals surface area contributed by atoms with Gasteiger partial charge >= 0.3 is 18.1 Å². The lowest BCUT2D eigenvalue weighted by Gasteiger charge is -2.62. The summed E-state index contributed by atoms with van der Waals surface area (Å²) < 4.78 is 59.8. The number of hydrogen-bond acceptors (Lipinski definition) is 7. The van der Waals surface area contributed by atoms with Crippen molar-refractivity contribution in [2.75, 3.05) is 6.61 Å². The van der Waals surface area contributed by atoms with Crippen LogP contribution >= 0.6 is 0 Å². The molecule has 1 aliphatic carbocycles. The minimum atomic E-state index is -5.12. The summed E-state index contributed by atoms with van der Waals surface area (Å²) in [4.78, 5) is 34.9. The van der Waals surface area contributed by atoms with Crippen LogP contribution in [0.5, 0.6) is 0 Å². The molecule has 176 valence electrons.